The summed E-state index contributed by atoms with van der Waals surface area (Å²) in [5.41, 5.74) is 5.50. The standard InChI is InChI=1S/C40H58N12/c1-45(2)37(46(3)4)41-31-21-17-19-29-27(23-25-33(35(29)31)43-39(49(9)10)50(11)12)28-24-26-34(44-40(51(13)14)52(15)16)36-30(28)20-18-22-32(36)42-38(47(5)6)48(7)8/h17-26H,1-16H3. The van der Waals surface area contributed by atoms with E-state index in [0.29, 0.717) is 0 Å². The van der Waals surface area contributed by atoms with E-state index in [9.17, 15) is 0 Å². The van der Waals surface area contributed by atoms with Crippen LogP contribution in [-0.2, 0) is 0 Å². The summed E-state index contributed by atoms with van der Waals surface area (Å²) >= 11 is 0. The predicted octanol–water partition coefficient (Wildman–Crippen LogP) is 6.10. The molecule has 0 bridgehead atoms. The molecular formula is C40H58N12. The monoisotopic (exact) mass is 706 g/mol. The molecule has 4 aromatic carbocycles. The highest BCUT2D eigenvalue weighted by atomic mass is 15.4. The minimum Gasteiger partial charge on any atom is -0.349 e. The highest BCUT2D eigenvalue weighted by Crippen LogP contribution is 2.45. The summed E-state index contributed by atoms with van der Waals surface area (Å²) in [6, 6.07) is 21.2. The maximum absolute atomic E-state index is 5.22. The van der Waals surface area contributed by atoms with Crippen molar-refractivity contribution in [1.82, 2.24) is 39.2 Å². The van der Waals surface area contributed by atoms with Gasteiger partial charge in [-0.2, -0.15) is 0 Å². The molecule has 12 heteroatoms. The van der Waals surface area contributed by atoms with Crippen molar-refractivity contribution in [3.63, 3.8) is 0 Å². The van der Waals surface area contributed by atoms with Crippen LogP contribution in [-0.4, -0.2) is 176 Å². The van der Waals surface area contributed by atoms with Gasteiger partial charge >= 0.3 is 0 Å². The number of aliphatic imine (C=N–C) groups is 4. The largest absolute Gasteiger partial charge is 0.349 e. The Labute approximate surface area is 311 Å². The summed E-state index contributed by atoms with van der Waals surface area (Å²) in [4.78, 5) is 37.1. The minimum atomic E-state index is 0.832. The Morgan fingerprint density at radius 1 is 0.308 bits per heavy atom. The highest BCUT2D eigenvalue weighted by Gasteiger charge is 2.20. The summed E-state index contributed by atoms with van der Waals surface area (Å²) < 4.78 is 0. The second kappa shape index (κ2) is 16.2. The Kier molecular flexibility index (Phi) is 12.2. The molecule has 4 aromatic rings. The van der Waals surface area contributed by atoms with Crippen molar-refractivity contribution >= 4 is 68.1 Å². The number of fused-ring (bicyclic) bond motifs is 2. The molecular weight excluding hydrogens is 649 g/mol. The molecule has 0 saturated carbocycles. The van der Waals surface area contributed by atoms with Crippen molar-refractivity contribution < 1.29 is 0 Å². The van der Waals surface area contributed by atoms with Crippen molar-refractivity contribution in [2.75, 3.05) is 113 Å². The number of guanidine groups is 4. The maximum atomic E-state index is 5.22. The fourth-order valence-corrected chi connectivity index (χ4v) is 6.41. The molecule has 0 aliphatic carbocycles. The second-order valence-electron chi connectivity index (χ2n) is 14.5. The van der Waals surface area contributed by atoms with Crippen molar-refractivity contribution in [3.05, 3.63) is 60.7 Å². The molecule has 0 aliphatic rings. The van der Waals surface area contributed by atoms with Gasteiger partial charge in [0.15, 0.2) is 0 Å². The van der Waals surface area contributed by atoms with Gasteiger partial charge in [-0.3, -0.25) is 0 Å². The molecule has 52 heavy (non-hydrogen) atoms. The highest BCUT2D eigenvalue weighted by molar-refractivity contribution is 6.16. The van der Waals surface area contributed by atoms with Crippen LogP contribution in [0.15, 0.2) is 80.6 Å². The third-order valence-electron chi connectivity index (χ3n) is 8.37. The average Bonchev–Trinajstić information content (AvgIpc) is 3.05. The Morgan fingerprint density at radius 3 is 0.769 bits per heavy atom. The van der Waals surface area contributed by atoms with Crippen molar-refractivity contribution in [1.29, 1.82) is 0 Å². The second-order valence-corrected chi connectivity index (χ2v) is 14.5. The van der Waals surface area contributed by atoms with Crippen LogP contribution in [0.4, 0.5) is 22.7 Å². The Bertz CT molecular complexity index is 1760. The van der Waals surface area contributed by atoms with E-state index in [-0.39, 0.29) is 0 Å². The van der Waals surface area contributed by atoms with E-state index in [1.54, 1.807) is 0 Å². The van der Waals surface area contributed by atoms with Crippen LogP contribution in [0.2, 0.25) is 0 Å². The summed E-state index contributed by atoms with van der Waals surface area (Å²) in [6.45, 7) is 0. The molecule has 0 saturated heterocycles. The Morgan fingerprint density at radius 2 is 0.538 bits per heavy atom. The number of benzene rings is 4. The first-order chi connectivity index (χ1) is 24.4. The summed E-state index contributed by atoms with van der Waals surface area (Å²) in [6.07, 6.45) is 0. The number of hydrogen-bond acceptors (Lipinski definition) is 4. The van der Waals surface area contributed by atoms with Gasteiger partial charge in [-0.15, -0.1) is 0 Å². The zero-order valence-electron chi connectivity index (χ0n) is 34.1. The molecule has 0 atom stereocenters. The topological polar surface area (TPSA) is 75.4 Å². The molecule has 0 radical (unpaired) electrons. The lowest BCUT2D eigenvalue weighted by atomic mass is 9.91. The van der Waals surface area contributed by atoms with Crippen LogP contribution in [0.3, 0.4) is 0 Å². The van der Waals surface area contributed by atoms with E-state index >= 15 is 0 Å². The number of rotatable bonds is 5. The molecule has 0 aliphatic heterocycles. The molecule has 0 N–H and O–H groups in total. The SMILES string of the molecule is CN(C)C(=Nc1cccc2c(-c3ccc(N=C(N(C)C)N(C)C)c4c(N=C(N(C)C)N(C)C)cccc34)ccc(N=C(N(C)C)N(C)C)c12)N(C)C. The van der Waals surface area contributed by atoms with Gasteiger partial charge in [-0.05, 0) is 46.2 Å². The first-order valence-electron chi connectivity index (χ1n) is 17.3. The van der Waals surface area contributed by atoms with Crippen LogP contribution >= 0.6 is 0 Å². The molecule has 0 fully saturated rings. The van der Waals surface area contributed by atoms with Crippen molar-refractivity contribution in [2.24, 2.45) is 20.0 Å². The van der Waals surface area contributed by atoms with Gasteiger partial charge in [0, 0.05) is 124 Å². The van der Waals surface area contributed by atoms with Gasteiger partial charge in [0.05, 0.1) is 22.7 Å². The molecule has 0 aromatic heterocycles. The minimum absolute atomic E-state index is 0.832. The normalized spacial score (nSPS) is 10.7. The van der Waals surface area contributed by atoms with Crippen LogP contribution in [0.25, 0.3) is 32.7 Å². The lowest BCUT2D eigenvalue weighted by molar-refractivity contribution is 0.484. The van der Waals surface area contributed by atoms with Crippen molar-refractivity contribution in [3.8, 4) is 11.1 Å². The van der Waals surface area contributed by atoms with E-state index in [0.717, 1.165) is 79.3 Å². The fraction of sp³-hybridized carbons (Fsp3) is 0.400. The van der Waals surface area contributed by atoms with Crippen LogP contribution in [0.5, 0.6) is 0 Å². The van der Waals surface area contributed by atoms with E-state index in [2.05, 4.69) is 60.7 Å². The van der Waals surface area contributed by atoms with Gasteiger partial charge in [-0.25, -0.2) is 20.0 Å². The summed E-state index contributed by atoms with van der Waals surface area (Å²) in [5, 5.41) is 4.04. The van der Waals surface area contributed by atoms with Gasteiger partial charge in [-0.1, -0.05) is 36.4 Å². The molecule has 4 rings (SSSR count). The lowest BCUT2D eigenvalue weighted by Crippen LogP contribution is -2.35. The Balaban J connectivity index is 2.22. The average molecular weight is 707 g/mol. The van der Waals surface area contributed by atoms with Gasteiger partial charge < -0.3 is 39.2 Å². The Hall–Kier alpha value is -5.52. The van der Waals surface area contributed by atoms with Gasteiger partial charge in [0.25, 0.3) is 0 Å². The summed E-state index contributed by atoms with van der Waals surface area (Å²) in [7, 11) is 32.2. The van der Waals surface area contributed by atoms with Crippen LogP contribution in [0.1, 0.15) is 0 Å². The van der Waals surface area contributed by atoms with E-state index < -0.39 is 0 Å². The fourth-order valence-electron chi connectivity index (χ4n) is 6.41. The number of hydrogen-bond donors (Lipinski definition) is 0. The molecule has 278 valence electrons. The van der Waals surface area contributed by atoms with E-state index in [1.807, 2.05) is 152 Å². The van der Waals surface area contributed by atoms with E-state index in [4.69, 9.17) is 20.0 Å². The molecule has 0 heterocycles. The molecule has 0 amide bonds. The molecule has 0 unspecified atom stereocenters. The number of nitrogens with zero attached hydrogens (tertiary/aromatic N) is 12. The van der Waals surface area contributed by atoms with Crippen LogP contribution in [0, 0.1) is 0 Å². The molecule has 0 spiro atoms. The quantitative estimate of drug-likeness (QED) is 0.182. The zero-order valence-corrected chi connectivity index (χ0v) is 34.1. The first-order valence-corrected chi connectivity index (χ1v) is 17.3. The maximum Gasteiger partial charge on any atom is 0.200 e. The zero-order chi connectivity index (χ0) is 38.6. The van der Waals surface area contributed by atoms with Crippen molar-refractivity contribution in [2.45, 2.75) is 0 Å². The van der Waals surface area contributed by atoms with Gasteiger partial charge in [0.1, 0.15) is 0 Å². The van der Waals surface area contributed by atoms with Gasteiger partial charge in [0.2, 0.25) is 23.8 Å². The lowest BCUT2D eigenvalue weighted by Gasteiger charge is -2.25. The summed E-state index contributed by atoms with van der Waals surface area (Å²) in [5.74, 6) is 3.33. The van der Waals surface area contributed by atoms with E-state index in [1.165, 1.54) is 0 Å². The van der Waals surface area contributed by atoms with Crippen LogP contribution < -0.4 is 0 Å². The third-order valence-corrected chi connectivity index (χ3v) is 8.37. The predicted molar refractivity (Wildman–Crippen MR) is 225 cm³/mol. The third kappa shape index (κ3) is 8.33. The first kappa shape index (κ1) is 39.3. The smallest absolute Gasteiger partial charge is 0.200 e. The molecule has 12 nitrogen and oxygen atoms in total.